The van der Waals surface area contributed by atoms with Crippen LogP contribution in [0.1, 0.15) is 309 Å². The second kappa shape index (κ2) is 55.7. The van der Waals surface area contributed by atoms with E-state index < -0.39 is 12.1 Å². The number of allylic oxidation sites excluding steroid dienone is 5. The first-order valence-corrected chi connectivity index (χ1v) is 29.3. The summed E-state index contributed by atoms with van der Waals surface area (Å²) in [5, 5.41) is 23.1. The fourth-order valence-corrected chi connectivity index (χ4v) is 8.86. The van der Waals surface area contributed by atoms with E-state index in [1.54, 1.807) is 6.08 Å². The van der Waals surface area contributed by atoms with Crippen LogP contribution in [0.3, 0.4) is 0 Å². The highest BCUT2D eigenvalue weighted by Gasteiger charge is 2.18. The number of rotatable bonds is 54. The SMILES string of the molecule is CCCCCCCC/C=C\CCCCCCCCCC(=O)OCCCCCCCC/C=C\CCCCCCCCCC(=O)NC(CO)C(O)/C=C/CCCCCCCCCCCCCCC. The van der Waals surface area contributed by atoms with Gasteiger partial charge in [0.15, 0.2) is 0 Å². The van der Waals surface area contributed by atoms with E-state index in [0.29, 0.717) is 19.4 Å². The van der Waals surface area contributed by atoms with Crippen LogP contribution in [0, 0.1) is 0 Å². The number of carbonyl (C=O) groups is 2. The molecule has 0 aliphatic rings. The van der Waals surface area contributed by atoms with Crippen LogP contribution in [-0.4, -0.2) is 47.4 Å². The van der Waals surface area contributed by atoms with Crippen LogP contribution in [0.15, 0.2) is 36.5 Å². The fourth-order valence-electron chi connectivity index (χ4n) is 8.86. The smallest absolute Gasteiger partial charge is 0.305 e. The van der Waals surface area contributed by atoms with Crippen molar-refractivity contribution in [2.75, 3.05) is 13.2 Å². The summed E-state index contributed by atoms with van der Waals surface area (Å²) in [6.45, 7) is 4.88. The summed E-state index contributed by atoms with van der Waals surface area (Å²) < 4.78 is 5.48. The standard InChI is InChI=1S/C60H113NO5/c1-3-5-7-9-11-13-15-17-19-21-26-30-34-38-42-46-50-54-60(65)66-55-51-47-43-39-35-31-27-23-20-22-25-29-33-37-41-45-49-53-59(64)61-57(56-62)58(63)52-48-44-40-36-32-28-24-18-16-14-12-10-8-6-4-2/h17,19-20,23,48,52,57-58,62-63H,3-16,18,21-22,24-47,49-51,53-56H2,1-2H3,(H,61,64)/b19-17-,23-20-,52-48+. The van der Waals surface area contributed by atoms with Gasteiger partial charge in [-0.2, -0.15) is 0 Å². The number of aliphatic hydroxyl groups excluding tert-OH is 2. The maximum Gasteiger partial charge on any atom is 0.305 e. The number of amides is 1. The van der Waals surface area contributed by atoms with Crippen molar-refractivity contribution in [1.82, 2.24) is 5.32 Å². The average Bonchev–Trinajstić information content (AvgIpc) is 3.32. The normalized spacial score (nSPS) is 12.8. The van der Waals surface area contributed by atoms with Gasteiger partial charge < -0.3 is 20.3 Å². The fraction of sp³-hybridized carbons (Fsp3) is 0.867. The number of unbranched alkanes of at least 4 members (excludes halogenated alkanes) is 39. The summed E-state index contributed by atoms with van der Waals surface area (Å²) in [7, 11) is 0. The van der Waals surface area contributed by atoms with Crippen LogP contribution in [0.25, 0.3) is 0 Å². The number of hydrogen-bond donors (Lipinski definition) is 3. The Morgan fingerprint density at radius 1 is 0.409 bits per heavy atom. The third kappa shape index (κ3) is 51.5. The molecule has 0 aromatic carbocycles. The van der Waals surface area contributed by atoms with Crippen LogP contribution in [0.4, 0.5) is 0 Å². The molecule has 0 bridgehead atoms. The molecular weight excluding hydrogens is 815 g/mol. The summed E-state index contributed by atoms with van der Waals surface area (Å²) in [6, 6.07) is -0.637. The van der Waals surface area contributed by atoms with Crippen LogP contribution < -0.4 is 5.32 Å². The highest BCUT2D eigenvalue weighted by Crippen LogP contribution is 2.16. The zero-order valence-electron chi connectivity index (χ0n) is 44.2. The molecule has 0 aromatic heterocycles. The van der Waals surface area contributed by atoms with Gasteiger partial charge in [0.25, 0.3) is 0 Å². The van der Waals surface area contributed by atoms with Crippen molar-refractivity contribution in [1.29, 1.82) is 0 Å². The molecule has 0 aliphatic carbocycles. The molecule has 6 heteroatoms. The third-order valence-corrected chi connectivity index (χ3v) is 13.4. The Bertz CT molecular complexity index is 1070. The van der Waals surface area contributed by atoms with Gasteiger partial charge in [-0.1, -0.05) is 249 Å². The Kier molecular flexibility index (Phi) is 54.1. The minimum absolute atomic E-state index is 0.00622. The van der Waals surface area contributed by atoms with E-state index in [1.165, 1.54) is 225 Å². The number of carbonyl (C=O) groups excluding carboxylic acids is 2. The van der Waals surface area contributed by atoms with Gasteiger partial charge in [0.05, 0.1) is 25.4 Å². The van der Waals surface area contributed by atoms with E-state index in [0.717, 1.165) is 57.8 Å². The van der Waals surface area contributed by atoms with Crippen molar-refractivity contribution in [2.45, 2.75) is 321 Å². The number of nitrogens with one attached hydrogen (secondary N) is 1. The van der Waals surface area contributed by atoms with Gasteiger partial charge in [-0.3, -0.25) is 9.59 Å². The quantitative estimate of drug-likeness (QED) is 0.0321. The molecule has 66 heavy (non-hydrogen) atoms. The van der Waals surface area contributed by atoms with Gasteiger partial charge in [-0.25, -0.2) is 0 Å². The van der Waals surface area contributed by atoms with Crippen molar-refractivity contribution in [3.63, 3.8) is 0 Å². The molecule has 0 heterocycles. The van der Waals surface area contributed by atoms with Crippen molar-refractivity contribution in [2.24, 2.45) is 0 Å². The van der Waals surface area contributed by atoms with E-state index in [4.69, 9.17) is 4.74 Å². The van der Waals surface area contributed by atoms with Crippen molar-refractivity contribution < 1.29 is 24.5 Å². The Labute approximate surface area is 411 Å². The van der Waals surface area contributed by atoms with Gasteiger partial charge >= 0.3 is 5.97 Å². The molecule has 0 aliphatic heterocycles. The molecule has 0 saturated heterocycles. The summed E-state index contributed by atoms with van der Waals surface area (Å²) in [5.74, 6) is -0.0858. The molecule has 2 atom stereocenters. The topological polar surface area (TPSA) is 95.9 Å². The minimum atomic E-state index is -0.852. The van der Waals surface area contributed by atoms with Gasteiger partial charge in [0.2, 0.25) is 5.91 Å². The van der Waals surface area contributed by atoms with Crippen LogP contribution in [0.2, 0.25) is 0 Å². The summed E-state index contributed by atoms with van der Waals surface area (Å²) in [4.78, 5) is 24.5. The monoisotopic (exact) mass is 928 g/mol. The van der Waals surface area contributed by atoms with Gasteiger partial charge in [-0.05, 0) is 83.5 Å². The highest BCUT2D eigenvalue weighted by atomic mass is 16.5. The lowest BCUT2D eigenvalue weighted by molar-refractivity contribution is -0.143. The molecule has 0 fully saturated rings. The highest BCUT2D eigenvalue weighted by molar-refractivity contribution is 5.76. The van der Waals surface area contributed by atoms with E-state index in [2.05, 4.69) is 43.5 Å². The molecule has 0 aromatic rings. The number of hydrogen-bond acceptors (Lipinski definition) is 5. The lowest BCUT2D eigenvalue weighted by Crippen LogP contribution is -2.45. The zero-order chi connectivity index (χ0) is 47.9. The first kappa shape index (κ1) is 64.1. The van der Waals surface area contributed by atoms with Gasteiger partial charge in [0, 0.05) is 12.8 Å². The maximum absolute atomic E-state index is 12.4. The van der Waals surface area contributed by atoms with E-state index >= 15 is 0 Å². The third-order valence-electron chi connectivity index (χ3n) is 13.4. The summed E-state index contributed by atoms with van der Waals surface area (Å²) in [5.41, 5.74) is 0. The largest absolute Gasteiger partial charge is 0.466 e. The van der Waals surface area contributed by atoms with Crippen LogP contribution in [-0.2, 0) is 14.3 Å². The molecule has 6 nitrogen and oxygen atoms in total. The van der Waals surface area contributed by atoms with Crippen LogP contribution in [0.5, 0.6) is 0 Å². The molecular formula is C60H113NO5. The molecule has 2 unspecified atom stereocenters. The average molecular weight is 929 g/mol. The van der Waals surface area contributed by atoms with Gasteiger partial charge in [0.1, 0.15) is 0 Å². The van der Waals surface area contributed by atoms with Crippen LogP contribution >= 0.6 is 0 Å². The Balaban J connectivity index is 3.47. The maximum atomic E-state index is 12.4. The van der Waals surface area contributed by atoms with Crippen molar-refractivity contribution >= 4 is 11.9 Å². The van der Waals surface area contributed by atoms with E-state index in [9.17, 15) is 19.8 Å². The predicted octanol–water partition coefficient (Wildman–Crippen LogP) is 18.0. The molecule has 1 amide bonds. The van der Waals surface area contributed by atoms with Gasteiger partial charge in [-0.15, -0.1) is 0 Å². The Hall–Kier alpha value is -1.92. The Morgan fingerprint density at radius 3 is 1.08 bits per heavy atom. The minimum Gasteiger partial charge on any atom is -0.466 e. The predicted molar refractivity (Wildman–Crippen MR) is 287 cm³/mol. The number of esters is 1. The first-order valence-electron chi connectivity index (χ1n) is 29.3. The molecule has 3 N–H and O–H groups in total. The number of ether oxygens (including phenoxy) is 1. The second-order valence-corrected chi connectivity index (χ2v) is 20.0. The van der Waals surface area contributed by atoms with Crippen molar-refractivity contribution in [3.05, 3.63) is 36.5 Å². The zero-order valence-corrected chi connectivity index (χ0v) is 44.2. The van der Waals surface area contributed by atoms with Crippen molar-refractivity contribution in [3.8, 4) is 0 Å². The first-order chi connectivity index (χ1) is 32.5. The number of aliphatic hydroxyl groups is 2. The molecule has 0 spiro atoms. The van der Waals surface area contributed by atoms with E-state index in [-0.39, 0.29) is 18.5 Å². The molecule has 388 valence electrons. The second-order valence-electron chi connectivity index (χ2n) is 20.0. The summed E-state index contributed by atoms with van der Waals surface area (Å²) in [6.07, 6.45) is 68.8. The molecule has 0 rings (SSSR count). The lowest BCUT2D eigenvalue weighted by atomic mass is 10.0. The molecule has 0 saturated carbocycles. The summed E-state index contributed by atoms with van der Waals surface area (Å²) >= 11 is 0. The lowest BCUT2D eigenvalue weighted by Gasteiger charge is -2.20. The molecule has 0 radical (unpaired) electrons. The Morgan fingerprint density at radius 2 is 0.712 bits per heavy atom. The van der Waals surface area contributed by atoms with E-state index in [1.807, 2.05) is 6.08 Å².